The van der Waals surface area contributed by atoms with Crippen molar-refractivity contribution in [1.29, 1.82) is 0 Å². The highest BCUT2D eigenvalue weighted by molar-refractivity contribution is 9.10. The van der Waals surface area contributed by atoms with Crippen molar-refractivity contribution in [3.8, 4) is 11.5 Å². The standard InChI is InChI=1S/C14H13BrO4S/c1-8-11(15)12(13(20-8)14(16)17)19-7-9-3-5-10(18-2)6-4-9/h3-6H,7H2,1-2H3,(H,16,17). The predicted octanol–water partition coefficient (Wildman–Crippen LogP) is 4.10. The molecule has 0 fully saturated rings. The number of aromatic carboxylic acids is 1. The number of carbonyl (C=O) groups is 1. The van der Waals surface area contributed by atoms with Crippen LogP contribution < -0.4 is 9.47 Å². The van der Waals surface area contributed by atoms with Gasteiger partial charge in [-0.3, -0.25) is 0 Å². The fourth-order valence-electron chi connectivity index (χ4n) is 1.65. The largest absolute Gasteiger partial charge is 0.497 e. The maximum absolute atomic E-state index is 11.2. The van der Waals surface area contributed by atoms with Crippen molar-refractivity contribution in [1.82, 2.24) is 0 Å². The Morgan fingerprint density at radius 1 is 1.35 bits per heavy atom. The van der Waals surface area contributed by atoms with E-state index >= 15 is 0 Å². The molecule has 0 saturated heterocycles. The number of ether oxygens (including phenoxy) is 2. The van der Waals surface area contributed by atoms with Crippen LogP contribution in [-0.4, -0.2) is 18.2 Å². The molecule has 1 aromatic carbocycles. The zero-order chi connectivity index (χ0) is 14.7. The lowest BCUT2D eigenvalue weighted by Crippen LogP contribution is -2.00. The summed E-state index contributed by atoms with van der Waals surface area (Å²) >= 11 is 4.57. The topological polar surface area (TPSA) is 55.8 Å². The van der Waals surface area contributed by atoms with Gasteiger partial charge in [0, 0.05) is 4.88 Å². The van der Waals surface area contributed by atoms with Gasteiger partial charge in [0.25, 0.3) is 0 Å². The monoisotopic (exact) mass is 356 g/mol. The highest BCUT2D eigenvalue weighted by atomic mass is 79.9. The molecular formula is C14H13BrO4S. The molecule has 20 heavy (non-hydrogen) atoms. The number of carboxylic acid groups (broad SMARTS) is 1. The molecule has 0 saturated carbocycles. The first-order valence-corrected chi connectivity index (χ1v) is 7.41. The van der Waals surface area contributed by atoms with Crippen LogP contribution in [0.4, 0.5) is 0 Å². The van der Waals surface area contributed by atoms with Gasteiger partial charge in [-0.25, -0.2) is 4.79 Å². The molecule has 1 aromatic heterocycles. The maximum Gasteiger partial charge on any atom is 0.349 e. The van der Waals surface area contributed by atoms with Gasteiger partial charge in [-0.05, 0) is 40.5 Å². The molecule has 2 aromatic rings. The fourth-order valence-corrected chi connectivity index (χ4v) is 3.17. The second-order valence-corrected chi connectivity index (χ2v) is 6.09. The van der Waals surface area contributed by atoms with E-state index in [1.807, 2.05) is 31.2 Å². The molecule has 0 amide bonds. The minimum Gasteiger partial charge on any atom is -0.497 e. The Morgan fingerprint density at radius 2 is 2.00 bits per heavy atom. The van der Waals surface area contributed by atoms with Crippen LogP contribution >= 0.6 is 27.3 Å². The van der Waals surface area contributed by atoms with E-state index in [1.165, 1.54) is 11.3 Å². The summed E-state index contributed by atoms with van der Waals surface area (Å²) in [4.78, 5) is 12.3. The van der Waals surface area contributed by atoms with E-state index < -0.39 is 5.97 Å². The van der Waals surface area contributed by atoms with E-state index in [-0.39, 0.29) is 4.88 Å². The number of thiophene rings is 1. The second-order valence-electron chi connectivity index (χ2n) is 4.07. The van der Waals surface area contributed by atoms with Gasteiger partial charge in [0.1, 0.15) is 12.4 Å². The van der Waals surface area contributed by atoms with Crippen molar-refractivity contribution in [2.75, 3.05) is 7.11 Å². The van der Waals surface area contributed by atoms with Gasteiger partial charge < -0.3 is 14.6 Å². The van der Waals surface area contributed by atoms with Crippen molar-refractivity contribution in [2.24, 2.45) is 0 Å². The van der Waals surface area contributed by atoms with Crippen molar-refractivity contribution >= 4 is 33.2 Å². The molecule has 0 aliphatic heterocycles. The van der Waals surface area contributed by atoms with Crippen molar-refractivity contribution < 1.29 is 19.4 Å². The van der Waals surface area contributed by atoms with Gasteiger partial charge in [0.15, 0.2) is 10.6 Å². The average molecular weight is 357 g/mol. The van der Waals surface area contributed by atoms with E-state index in [4.69, 9.17) is 14.6 Å². The van der Waals surface area contributed by atoms with E-state index in [1.54, 1.807) is 7.11 Å². The molecule has 1 heterocycles. The molecule has 0 radical (unpaired) electrons. The molecule has 0 aliphatic carbocycles. The number of hydrogen-bond donors (Lipinski definition) is 1. The number of benzene rings is 1. The van der Waals surface area contributed by atoms with Crippen LogP contribution in [0.2, 0.25) is 0 Å². The molecule has 1 N–H and O–H groups in total. The molecule has 0 unspecified atom stereocenters. The Balaban J connectivity index is 2.15. The summed E-state index contributed by atoms with van der Waals surface area (Å²) in [6, 6.07) is 7.44. The lowest BCUT2D eigenvalue weighted by Gasteiger charge is -2.07. The smallest absolute Gasteiger partial charge is 0.349 e. The Kier molecular flexibility index (Phi) is 4.67. The van der Waals surface area contributed by atoms with Crippen LogP contribution in [0.5, 0.6) is 11.5 Å². The van der Waals surface area contributed by atoms with E-state index in [2.05, 4.69) is 15.9 Å². The molecule has 2 rings (SSSR count). The third-order valence-electron chi connectivity index (χ3n) is 2.71. The van der Waals surface area contributed by atoms with Crippen LogP contribution in [0.15, 0.2) is 28.7 Å². The number of rotatable bonds is 5. The Labute approximate surface area is 129 Å². The predicted molar refractivity (Wildman–Crippen MR) is 81.0 cm³/mol. The van der Waals surface area contributed by atoms with Crippen LogP contribution in [0.3, 0.4) is 0 Å². The van der Waals surface area contributed by atoms with Crippen molar-refractivity contribution in [3.63, 3.8) is 0 Å². The molecule has 6 heteroatoms. The Bertz CT molecular complexity index is 619. The molecule has 0 atom stereocenters. The van der Waals surface area contributed by atoms with Crippen molar-refractivity contribution in [3.05, 3.63) is 44.1 Å². The van der Waals surface area contributed by atoms with Gasteiger partial charge in [0.2, 0.25) is 0 Å². The fraction of sp³-hybridized carbons (Fsp3) is 0.214. The van der Waals surface area contributed by atoms with E-state index in [0.717, 1.165) is 16.2 Å². The van der Waals surface area contributed by atoms with E-state index in [0.29, 0.717) is 16.8 Å². The number of methoxy groups -OCH3 is 1. The van der Waals surface area contributed by atoms with Gasteiger partial charge >= 0.3 is 5.97 Å². The number of aryl methyl sites for hydroxylation is 1. The van der Waals surface area contributed by atoms with Crippen molar-refractivity contribution in [2.45, 2.75) is 13.5 Å². The molecule has 0 spiro atoms. The van der Waals surface area contributed by atoms with Gasteiger partial charge in [-0.15, -0.1) is 11.3 Å². The average Bonchev–Trinajstić information content (AvgIpc) is 2.73. The van der Waals surface area contributed by atoms with Gasteiger partial charge in [-0.2, -0.15) is 0 Å². The van der Waals surface area contributed by atoms with E-state index in [9.17, 15) is 4.79 Å². The lowest BCUT2D eigenvalue weighted by molar-refractivity contribution is 0.0697. The normalized spacial score (nSPS) is 10.3. The summed E-state index contributed by atoms with van der Waals surface area (Å²) in [5.74, 6) is 0.178. The summed E-state index contributed by atoms with van der Waals surface area (Å²) in [6.07, 6.45) is 0. The quantitative estimate of drug-likeness (QED) is 0.875. The number of hydrogen-bond acceptors (Lipinski definition) is 4. The number of halogens is 1. The first-order chi connectivity index (χ1) is 9.52. The molecule has 4 nitrogen and oxygen atoms in total. The first kappa shape index (κ1) is 14.9. The van der Waals surface area contributed by atoms with Gasteiger partial charge in [0.05, 0.1) is 11.6 Å². The third-order valence-corrected chi connectivity index (χ3v) is 5.00. The summed E-state index contributed by atoms with van der Waals surface area (Å²) in [6.45, 7) is 2.15. The zero-order valence-electron chi connectivity index (χ0n) is 11.0. The first-order valence-electron chi connectivity index (χ1n) is 5.81. The lowest BCUT2D eigenvalue weighted by atomic mass is 10.2. The molecule has 0 aliphatic rings. The second kappa shape index (κ2) is 6.28. The Hall–Kier alpha value is -1.53. The van der Waals surface area contributed by atoms with Crippen LogP contribution in [0.25, 0.3) is 0 Å². The SMILES string of the molecule is COc1ccc(COc2c(C(=O)O)sc(C)c2Br)cc1. The molecule has 106 valence electrons. The summed E-state index contributed by atoms with van der Waals surface area (Å²) < 4.78 is 11.4. The summed E-state index contributed by atoms with van der Waals surface area (Å²) in [5.41, 5.74) is 0.942. The number of carboxylic acids is 1. The molecule has 0 bridgehead atoms. The minimum atomic E-state index is -0.978. The maximum atomic E-state index is 11.2. The van der Waals surface area contributed by atoms with Crippen LogP contribution in [0.1, 0.15) is 20.1 Å². The highest BCUT2D eigenvalue weighted by Gasteiger charge is 2.20. The van der Waals surface area contributed by atoms with Crippen LogP contribution in [0, 0.1) is 6.92 Å². The summed E-state index contributed by atoms with van der Waals surface area (Å²) in [7, 11) is 1.61. The highest BCUT2D eigenvalue weighted by Crippen LogP contribution is 2.39. The third kappa shape index (κ3) is 3.13. The van der Waals surface area contributed by atoms with Gasteiger partial charge in [-0.1, -0.05) is 12.1 Å². The zero-order valence-corrected chi connectivity index (χ0v) is 13.4. The van der Waals surface area contributed by atoms with Crippen LogP contribution in [-0.2, 0) is 6.61 Å². The summed E-state index contributed by atoms with van der Waals surface area (Å²) in [5, 5.41) is 9.16. The molecular weight excluding hydrogens is 344 g/mol. The Morgan fingerprint density at radius 3 is 2.55 bits per heavy atom. The minimum absolute atomic E-state index is 0.211.